The van der Waals surface area contributed by atoms with Crippen molar-refractivity contribution in [2.75, 3.05) is 18.1 Å². The van der Waals surface area contributed by atoms with Gasteiger partial charge in [-0.25, -0.2) is 22.2 Å². The zero-order valence-electron chi connectivity index (χ0n) is 13.9. The van der Waals surface area contributed by atoms with Crippen LogP contribution in [0, 0.1) is 11.6 Å². The average molecular weight is 408 g/mol. The molecule has 0 radical (unpaired) electrons. The maximum atomic E-state index is 13.6. The Morgan fingerprint density at radius 3 is 2.74 bits per heavy atom. The first kappa shape index (κ1) is 17.9. The Labute approximate surface area is 158 Å². The molecule has 0 saturated heterocycles. The molecule has 0 saturated carbocycles. The summed E-state index contributed by atoms with van der Waals surface area (Å²) in [5.41, 5.74) is 1.07. The van der Waals surface area contributed by atoms with Crippen molar-refractivity contribution in [2.45, 2.75) is 10.6 Å². The van der Waals surface area contributed by atoms with Crippen molar-refractivity contribution in [1.82, 2.24) is 4.98 Å². The van der Waals surface area contributed by atoms with Gasteiger partial charge in [-0.05, 0) is 24.3 Å². The van der Waals surface area contributed by atoms with Gasteiger partial charge in [0.05, 0.1) is 17.1 Å². The molecule has 0 fully saturated rings. The van der Waals surface area contributed by atoms with Gasteiger partial charge in [0.1, 0.15) is 23.1 Å². The van der Waals surface area contributed by atoms with Crippen LogP contribution < -0.4 is 9.64 Å². The molecule has 0 unspecified atom stereocenters. The SMILES string of the molecule is O=S(=O)(Cc1nccs1)c1ccc2c(c1)OCCN2c1ccc(F)c(F)c1. The predicted octanol–water partition coefficient (Wildman–Crippen LogP) is 3.93. The van der Waals surface area contributed by atoms with Crippen LogP contribution in [0.25, 0.3) is 0 Å². The molecule has 2 heterocycles. The Morgan fingerprint density at radius 2 is 2.00 bits per heavy atom. The molecule has 0 spiro atoms. The number of aromatic nitrogens is 1. The third-order valence-corrected chi connectivity index (χ3v) is 6.75. The van der Waals surface area contributed by atoms with Gasteiger partial charge in [-0.2, -0.15) is 0 Å². The summed E-state index contributed by atoms with van der Waals surface area (Å²) in [6.07, 6.45) is 1.56. The van der Waals surface area contributed by atoms with Crippen LogP contribution in [-0.2, 0) is 15.6 Å². The molecule has 9 heteroatoms. The van der Waals surface area contributed by atoms with E-state index in [1.165, 1.54) is 29.5 Å². The summed E-state index contributed by atoms with van der Waals surface area (Å²) in [5, 5.41) is 2.23. The molecular weight excluding hydrogens is 394 g/mol. The Kier molecular flexibility index (Phi) is 4.56. The summed E-state index contributed by atoms with van der Waals surface area (Å²) in [6.45, 7) is 0.727. The van der Waals surface area contributed by atoms with Gasteiger partial charge in [0.25, 0.3) is 0 Å². The highest BCUT2D eigenvalue weighted by atomic mass is 32.2. The van der Waals surface area contributed by atoms with Gasteiger partial charge in [0, 0.05) is 29.4 Å². The minimum absolute atomic E-state index is 0.128. The van der Waals surface area contributed by atoms with Crippen LogP contribution in [0.5, 0.6) is 5.75 Å². The summed E-state index contributed by atoms with van der Waals surface area (Å²) in [5.74, 6) is -1.67. The number of anilines is 2. The summed E-state index contributed by atoms with van der Waals surface area (Å²) >= 11 is 1.28. The summed E-state index contributed by atoms with van der Waals surface area (Å²) in [6, 6.07) is 8.21. The normalized spacial score (nSPS) is 13.9. The fourth-order valence-corrected chi connectivity index (χ4v) is 5.15. The van der Waals surface area contributed by atoms with Gasteiger partial charge < -0.3 is 9.64 Å². The van der Waals surface area contributed by atoms with E-state index in [0.29, 0.717) is 35.3 Å². The number of ether oxygens (including phenoxy) is 1. The van der Waals surface area contributed by atoms with Gasteiger partial charge in [-0.3, -0.25) is 0 Å². The predicted molar refractivity (Wildman–Crippen MR) is 98.3 cm³/mol. The first-order chi connectivity index (χ1) is 12.9. The second-order valence-corrected chi connectivity index (χ2v) is 8.88. The number of thiazole rings is 1. The molecule has 5 nitrogen and oxygen atoms in total. The van der Waals surface area contributed by atoms with Crippen LogP contribution >= 0.6 is 11.3 Å². The fraction of sp³-hybridized carbons (Fsp3) is 0.167. The third kappa shape index (κ3) is 3.52. The van der Waals surface area contributed by atoms with Crippen LogP contribution in [0.1, 0.15) is 5.01 Å². The first-order valence-electron chi connectivity index (χ1n) is 8.04. The van der Waals surface area contributed by atoms with Gasteiger partial charge in [0.15, 0.2) is 21.5 Å². The number of fused-ring (bicyclic) bond motifs is 1. The van der Waals surface area contributed by atoms with Crippen molar-refractivity contribution in [3.63, 3.8) is 0 Å². The lowest BCUT2D eigenvalue weighted by Crippen LogP contribution is -2.28. The number of hydrogen-bond acceptors (Lipinski definition) is 6. The smallest absolute Gasteiger partial charge is 0.185 e. The lowest BCUT2D eigenvalue weighted by atomic mass is 10.2. The maximum absolute atomic E-state index is 13.6. The molecule has 0 bridgehead atoms. The van der Waals surface area contributed by atoms with E-state index in [1.807, 2.05) is 0 Å². The second-order valence-electron chi connectivity index (χ2n) is 5.91. The zero-order valence-corrected chi connectivity index (χ0v) is 15.6. The number of sulfone groups is 1. The lowest BCUT2D eigenvalue weighted by molar-refractivity contribution is 0.313. The number of benzene rings is 2. The molecule has 3 aromatic rings. The molecule has 1 aliphatic heterocycles. The minimum atomic E-state index is -3.57. The summed E-state index contributed by atoms with van der Waals surface area (Å²) in [4.78, 5) is 5.91. The van der Waals surface area contributed by atoms with Crippen LogP contribution in [0.2, 0.25) is 0 Å². The van der Waals surface area contributed by atoms with Crippen molar-refractivity contribution in [2.24, 2.45) is 0 Å². The minimum Gasteiger partial charge on any atom is -0.489 e. The van der Waals surface area contributed by atoms with Crippen molar-refractivity contribution in [1.29, 1.82) is 0 Å². The first-order valence-corrected chi connectivity index (χ1v) is 10.6. The van der Waals surface area contributed by atoms with Crippen molar-refractivity contribution in [3.05, 3.63) is 64.6 Å². The standard InChI is InChI=1S/C18H14F2N2O3S2/c19-14-3-1-12(9-15(14)20)22-6-7-25-17-10-13(2-4-16(17)22)27(23,24)11-18-21-5-8-26-18/h1-5,8-10H,6-7,11H2. The van der Waals surface area contributed by atoms with E-state index in [1.54, 1.807) is 22.5 Å². The topological polar surface area (TPSA) is 59.5 Å². The summed E-state index contributed by atoms with van der Waals surface area (Å²) in [7, 11) is -3.57. The lowest BCUT2D eigenvalue weighted by Gasteiger charge is -2.31. The molecule has 1 aromatic heterocycles. The van der Waals surface area contributed by atoms with Crippen molar-refractivity contribution >= 4 is 32.5 Å². The molecule has 4 rings (SSSR count). The van der Waals surface area contributed by atoms with Crippen LogP contribution in [0.15, 0.2) is 52.9 Å². The Balaban J connectivity index is 1.68. The van der Waals surface area contributed by atoms with E-state index in [2.05, 4.69) is 4.98 Å². The molecule has 27 heavy (non-hydrogen) atoms. The zero-order chi connectivity index (χ0) is 19.0. The highest BCUT2D eigenvalue weighted by Crippen LogP contribution is 2.38. The number of hydrogen-bond donors (Lipinski definition) is 0. The van der Waals surface area contributed by atoms with Gasteiger partial charge >= 0.3 is 0 Å². The van der Waals surface area contributed by atoms with Crippen molar-refractivity contribution in [3.8, 4) is 5.75 Å². The molecule has 1 aliphatic rings. The number of nitrogens with zero attached hydrogens (tertiary/aromatic N) is 2. The molecule has 0 atom stereocenters. The molecule has 2 aromatic carbocycles. The highest BCUT2D eigenvalue weighted by molar-refractivity contribution is 7.90. The largest absolute Gasteiger partial charge is 0.489 e. The molecule has 0 amide bonds. The monoisotopic (exact) mass is 408 g/mol. The van der Waals surface area contributed by atoms with E-state index < -0.39 is 21.5 Å². The van der Waals surface area contributed by atoms with Crippen LogP contribution in [0.4, 0.5) is 20.2 Å². The molecule has 0 N–H and O–H groups in total. The maximum Gasteiger partial charge on any atom is 0.185 e. The van der Waals surface area contributed by atoms with Gasteiger partial charge in [0.2, 0.25) is 0 Å². The van der Waals surface area contributed by atoms with E-state index >= 15 is 0 Å². The van der Waals surface area contributed by atoms with Gasteiger partial charge in [-0.15, -0.1) is 11.3 Å². The van der Waals surface area contributed by atoms with Crippen LogP contribution in [0.3, 0.4) is 0 Å². The average Bonchev–Trinajstić information content (AvgIpc) is 3.15. The van der Waals surface area contributed by atoms with E-state index in [9.17, 15) is 17.2 Å². The van der Waals surface area contributed by atoms with Gasteiger partial charge in [-0.1, -0.05) is 0 Å². The Morgan fingerprint density at radius 1 is 1.15 bits per heavy atom. The molecule has 140 valence electrons. The molecule has 0 aliphatic carbocycles. The van der Waals surface area contributed by atoms with Crippen molar-refractivity contribution < 1.29 is 21.9 Å². The third-order valence-electron chi connectivity index (χ3n) is 4.17. The summed E-state index contributed by atoms with van der Waals surface area (Å²) < 4.78 is 57.7. The Bertz CT molecular complexity index is 1090. The van der Waals surface area contributed by atoms with E-state index in [0.717, 1.165) is 12.1 Å². The second kappa shape index (κ2) is 6.90. The van der Waals surface area contributed by atoms with E-state index in [4.69, 9.17) is 4.74 Å². The van der Waals surface area contributed by atoms with Crippen LogP contribution in [-0.4, -0.2) is 26.6 Å². The highest BCUT2D eigenvalue weighted by Gasteiger charge is 2.24. The number of halogens is 2. The fourth-order valence-electron chi connectivity index (χ4n) is 2.89. The van der Waals surface area contributed by atoms with E-state index in [-0.39, 0.29) is 10.6 Å². The Hall–Kier alpha value is -2.52. The number of rotatable bonds is 4. The molecular formula is C18H14F2N2O3S2. The quantitative estimate of drug-likeness (QED) is 0.655.